The van der Waals surface area contributed by atoms with Crippen LogP contribution >= 0.6 is 0 Å². The van der Waals surface area contributed by atoms with Crippen molar-refractivity contribution < 1.29 is 22.7 Å². The molecule has 2 saturated heterocycles. The quantitative estimate of drug-likeness (QED) is 0.695. The number of carbonyl (C=O) groups excluding carboxylic acids is 1. The molecule has 0 bridgehead atoms. The van der Waals surface area contributed by atoms with E-state index >= 15 is 0 Å². The molecule has 2 aromatic rings. The van der Waals surface area contributed by atoms with E-state index in [1.165, 1.54) is 0 Å². The molecule has 8 heteroatoms. The molecule has 7 nitrogen and oxygen atoms in total. The number of anilines is 1. The molecule has 0 spiro atoms. The lowest BCUT2D eigenvalue weighted by atomic mass is 10.0. The highest BCUT2D eigenvalue weighted by atomic mass is 32.2. The van der Waals surface area contributed by atoms with Crippen LogP contribution in [0.5, 0.6) is 11.5 Å². The van der Waals surface area contributed by atoms with Crippen LogP contribution in [-0.2, 0) is 21.1 Å². The third-order valence-corrected chi connectivity index (χ3v) is 7.57. The van der Waals surface area contributed by atoms with E-state index in [9.17, 15) is 13.2 Å². The Kier molecular flexibility index (Phi) is 5.71. The van der Waals surface area contributed by atoms with Gasteiger partial charge in [0.2, 0.25) is 5.91 Å². The SMILES string of the molecule is COc1ccc(CCN2CC(=O)N(c3ccccc3)[C@H]3CS(=O)(=O)C[C@@H]32)cc1OC. The number of carbonyl (C=O) groups is 1. The fraction of sp³-hybridized carbons (Fsp3) is 0.409. The van der Waals surface area contributed by atoms with Gasteiger partial charge >= 0.3 is 0 Å². The Balaban J connectivity index is 1.55. The molecule has 30 heavy (non-hydrogen) atoms. The molecule has 0 saturated carbocycles. The molecule has 0 N–H and O–H groups in total. The zero-order chi connectivity index (χ0) is 21.3. The predicted octanol–water partition coefficient (Wildman–Crippen LogP) is 1.76. The maximum Gasteiger partial charge on any atom is 0.241 e. The molecular weight excluding hydrogens is 404 g/mol. The lowest BCUT2D eigenvalue weighted by Crippen LogP contribution is -2.62. The number of fused-ring (bicyclic) bond motifs is 1. The fourth-order valence-corrected chi connectivity index (χ4v) is 6.42. The monoisotopic (exact) mass is 430 g/mol. The fourth-order valence-electron chi connectivity index (χ4n) is 4.44. The maximum atomic E-state index is 13.0. The number of hydrogen-bond donors (Lipinski definition) is 0. The van der Waals surface area contributed by atoms with Crippen LogP contribution in [-0.4, -0.2) is 70.1 Å². The van der Waals surface area contributed by atoms with Crippen LogP contribution < -0.4 is 14.4 Å². The first-order chi connectivity index (χ1) is 14.4. The molecule has 0 unspecified atom stereocenters. The van der Waals surface area contributed by atoms with Crippen LogP contribution in [0.15, 0.2) is 48.5 Å². The minimum atomic E-state index is -3.20. The summed E-state index contributed by atoms with van der Waals surface area (Å²) in [4.78, 5) is 16.7. The van der Waals surface area contributed by atoms with Gasteiger partial charge in [0.15, 0.2) is 21.3 Å². The normalized spacial score (nSPS) is 23.3. The van der Waals surface area contributed by atoms with Gasteiger partial charge in [0.05, 0.1) is 38.3 Å². The van der Waals surface area contributed by atoms with Crippen LogP contribution in [0.4, 0.5) is 5.69 Å². The molecule has 0 radical (unpaired) electrons. The van der Waals surface area contributed by atoms with Crippen molar-refractivity contribution in [3.63, 3.8) is 0 Å². The number of nitrogens with zero attached hydrogens (tertiary/aromatic N) is 2. The highest BCUT2D eigenvalue weighted by Crippen LogP contribution is 2.32. The first-order valence-corrected chi connectivity index (χ1v) is 11.8. The van der Waals surface area contributed by atoms with Crippen LogP contribution in [0.25, 0.3) is 0 Å². The summed E-state index contributed by atoms with van der Waals surface area (Å²) >= 11 is 0. The molecule has 0 aliphatic carbocycles. The van der Waals surface area contributed by atoms with Gasteiger partial charge in [0.25, 0.3) is 0 Å². The summed E-state index contributed by atoms with van der Waals surface area (Å²) in [5.74, 6) is 1.34. The number of piperazine rings is 1. The van der Waals surface area contributed by atoms with Crippen molar-refractivity contribution in [3.05, 3.63) is 54.1 Å². The van der Waals surface area contributed by atoms with Gasteiger partial charge in [-0.1, -0.05) is 24.3 Å². The van der Waals surface area contributed by atoms with Gasteiger partial charge in [0, 0.05) is 18.3 Å². The highest BCUT2D eigenvalue weighted by molar-refractivity contribution is 7.91. The van der Waals surface area contributed by atoms with E-state index in [1.54, 1.807) is 19.1 Å². The summed E-state index contributed by atoms with van der Waals surface area (Å²) in [5, 5.41) is 0. The summed E-state index contributed by atoms with van der Waals surface area (Å²) in [7, 11) is -0.0132. The van der Waals surface area contributed by atoms with E-state index in [0.29, 0.717) is 24.5 Å². The Bertz CT molecular complexity index is 1030. The minimum absolute atomic E-state index is 0.00512. The number of amides is 1. The molecule has 160 valence electrons. The smallest absolute Gasteiger partial charge is 0.241 e. The Morgan fingerprint density at radius 2 is 1.67 bits per heavy atom. The standard InChI is InChI=1S/C22H26N2O5S/c1-28-20-9-8-16(12-21(20)29-2)10-11-23-13-22(25)24(17-6-4-3-5-7-17)19-15-30(26,27)14-18(19)23/h3-9,12,18-19H,10-11,13-15H2,1-2H3/t18-,19-/m0/s1. The Labute approximate surface area is 177 Å². The number of benzene rings is 2. The van der Waals surface area contributed by atoms with Crippen molar-refractivity contribution in [3.8, 4) is 11.5 Å². The summed E-state index contributed by atoms with van der Waals surface area (Å²) in [5.41, 5.74) is 1.80. The van der Waals surface area contributed by atoms with Crippen molar-refractivity contribution in [1.29, 1.82) is 0 Å². The van der Waals surface area contributed by atoms with Gasteiger partial charge in [0.1, 0.15) is 0 Å². The van der Waals surface area contributed by atoms with Crippen LogP contribution in [0.3, 0.4) is 0 Å². The lowest BCUT2D eigenvalue weighted by Gasteiger charge is -2.43. The largest absolute Gasteiger partial charge is 0.493 e. The molecule has 0 aromatic heterocycles. The van der Waals surface area contributed by atoms with Crippen LogP contribution in [0.2, 0.25) is 0 Å². The summed E-state index contributed by atoms with van der Waals surface area (Å²) in [6.07, 6.45) is 0.683. The topological polar surface area (TPSA) is 76.2 Å². The first kappa shape index (κ1) is 20.7. The summed E-state index contributed by atoms with van der Waals surface area (Å²) in [6, 6.07) is 14.5. The zero-order valence-electron chi connectivity index (χ0n) is 17.2. The lowest BCUT2D eigenvalue weighted by molar-refractivity contribution is -0.123. The molecule has 2 heterocycles. The molecule has 2 fully saturated rings. The summed E-state index contributed by atoms with van der Waals surface area (Å²) < 4.78 is 35.6. The number of ether oxygens (including phenoxy) is 2. The van der Waals surface area contributed by atoms with E-state index in [-0.39, 0.29) is 36.0 Å². The van der Waals surface area contributed by atoms with Gasteiger partial charge in [-0.25, -0.2) is 8.42 Å². The second-order valence-corrected chi connectivity index (χ2v) is 9.87. The van der Waals surface area contributed by atoms with Crippen molar-refractivity contribution in [2.24, 2.45) is 0 Å². The Hall–Kier alpha value is -2.58. The average molecular weight is 431 g/mol. The van der Waals surface area contributed by atoms with E-state index in [4.69, 9.17) is 9.47 Å². The number of methoxy groups -OCH3 is 2. The van der Waals surface area contributed by atoms with Gasteiger partial charge in [-0.15, -0.1) is 0 Å². The molecule has 2 aromatic carbocycles. The zero-order valence-corrected chi connectivity index (χ0v) is 18.0. The van der Waals surface area contributed by atoms with Gasteiger partial charge < -0.3 is 14.4 Å². The molecule has 4 rings (SSSR count). The number of para-hydroxylation sites is 1. The van der Waals surface area contributed by atoms with Crippen molar-refractivity contribution >= 4 is 21.4 Å². The van der Waals surface area contributed by atoms with E-state index < -0.39 is 9.84 Å². The molecule has 2 aliphatic rings. The number of rotatable bonds is 6. The molecular formula is C22H26N2O5S. The van der Waals surface area contributed by atoms with E-state index in [1.807, 2.05) is 53.4 Å². The van der Waals surface area contributed by atoms with Crippen molar-refractivity contribution in [2.45, 2.75) is 18.5 Å². The second kappa shape index (κ2) is 8.28. The van der Waals surface area contributed by atoms with Crippen LogP contribution in [0.1, 0.15) is 5.56 Å². The Morgan fingerprint density at radius 1 is 0.967 bits per heavy atom. The predicted molar refractivity (Wildman–Crippen MR) is 115 cm³/mol. The second-order valence-electron chi connectivity index (χ2n) is 7.72. The van der Waals surface area contributed by atoms with Crippen LogP contribution in [0, 0.1) is 0 Å². The third kappa shape index (κ3) is 4.02. The third-order valence-electron chi connectivity index (χ3n) is 5.87. The highest BCUT2D eigenvalue weighted by Gasteiger charge is 2.49. The van der Waals surface area contributed by atoms with Crippen molar-refractivity contribution in [2.75, 3.05) is 43.7 Å². The van der Waals surface area contributed by atoms with E-state index in [0.717, 1.165) is 11.3 Å². The van der Waals surface area contributed by atoms with Gasteiger partial charge in [-0.2, -0.15) is 0 Å². The average Bonchev–Trinajstić information content (AvgIpc) is 3.07. The minimum Gasteiger partial charge on any atom is -0.493 e. The van der Waals surface area contributed by atoms with Gasteiger partial charge in [-0.05, 0) is 36.2 Å². The Morgan fingerprint density at radius 3 is 2.37 bits per heavy atom. The van der Waals surface area contributed by atoms with Gasteiger partial charge in [-0.3, -0.25) is 9.69 Å². The first-order valence-electron chi connectivity index (χ1n) is 9.94. The molecule has 1 amide bonds. The number of sulfone groups is 1. The summed E-state index contributed by atoms with van der Waals surface area (Å²) in [6.45, 7) is 0.805. The molecule has 2 aliphatic heterocycles. The molecule has 2 atom stereocenters. The van der Waals surface area contributed by atoms with Crippen molar-refractivity contribution in [1.82, 2.24) is 4.90 Å². The number of hydrogen-bond acceptors (Lipinski definition) is 6. The maximum absolute atomic E-state index is 13.0. The van der Waals surface area contributed by atoms with E-state index in [2.05, 4.69) is 0 Å².